The number of hydrogen-bond donors (Lipinski definition) is 0. The standard InChI is InChI=1S/C9H17NO/c1-3-4-5-6-9(11)10-7-8(10)2/h8H,3-7H2,1-2H3. The fourth-order valence-electron chi connectivity index (χ4n) is 1.25. The average Bonchev–Trinajstić information content (AvgIpc) is 2.67. The Morgan fingerprint density at radius 2 is 2.18 bits per heavy atom. The highest BCUT2D eigenvalue weighted by Gasteiger charge is 2.32. The van der Waals surface area contributed by atoms with Crippen LogP contribution in [-0.4, -0.2) is 23.4 Å². The number of carbonyl (C=O) groups excluding carboxylic acids is 1. The summed E-state index contributed by atoms with van der Waals surface area (Å²) in [7, 11) is 0. The molecule has 1 atom stereocenters. The minimum Gasteiger partial charge on any atom is -0.336 e. The van der Waals surface area contributed by atoms with E-state index in [0.29, 0.717) is 11.9 Å². The van der Waals surface area contributed by atoms with Crippen LogP contribution in [0.5, 0.6) is 0 Å². The van der Waals surface area contributed by atoms with Gasteiger partial charge in [0.1, 0.15) is 0 Å². The van der Waals surface area contributed by atoms with E-state index in [1.807, 2.05) is 4.90 Å². The van der Waals surface area contributed by atoms with E-state index in [9.17, 15) is 4.79 Å². The summed E-state index contributed by atoms with van der Waals surface area (Å²) in [4.78, 5) is 13.2. The molecule has 1 unspecified atom stereocenters. The maximum absolute atomic E-state index is 11.2. The molecular formula is C9H17NO. The zero-order valence-electron chi connectivity index (χ0n) is 7.47. The number of carbonyl (C=O) groups is 1. The smallest absolute Gasteiger partial charge is 0.222 e. The highest BCUT2D eigenvalue weighted by Crippen LogP contribution is 2.18. The first-order chi connectivity index (χ1) is 5.25. The molecule has 2 heteroatoms. The summed E-state index contributed by atoms with van der Waals surface area (Å²) in [5, 5.41) is 0. The third-order valence-electron chi connectivity index (χ3n) is 2.17. The molecule has 1 heterocycles. The first-order valence-corrected chi connectivity index (χ1v) is 4.55. The number of hydrogen-bond acceptors (Lipinski definition) is 1. The Bertz CT molecular complexity index is 144. The molecule has 0 radical (unpaired) electrons. The van der Waals surface area contributed by atoms with Gasteiger partial charge in [-0.25, -0.2) is 0 Å². The Balaban J connectivity index is 2.03. The maximum atomic E-state index is 11.2. The predicted molar refractivity (Wildman–Crippen MR) is 45.3 cm³/mol. The van der Waals surface area contributed by atoms with Crippen LogP contribution in [0.1, 0.15) is 39.5 Å². The van der Waals surface area contributed by atoms with Crippen LogP contribution in [-0.2, 0) is 4.79 Å². The molecule has 1 amide bonds. The number of amides is 1. The maximum Gasteiger partial charge on any atom is 0.222 e. The van der Waals surface area contributed by atoms with Crippen molar-refractivity contribution in [3.05, 3.63) is 0 Å². The molecule has 0 spiro atoms. The van der Waals surface area contributed by atoms with Gasteiger partial charge in [0.05, 0.1) is 0 Å². The molecule has 1 rings (SSSR count). The van der Waals surface area contributed by atoms with Crippen LogP contribution < -0.4 is 0 Å². The van der Waals surface area contributed by atoms with Gasteiger partial charge in [0.25, 0.3) is 0 Å². The molecule has 0 saturated carbocycles. The van der Waals surface area contributed by atoms with Crippen molar-refractivity contribution in [3.63, 3.8) is 0 Å². The summed E-state index contributed by atoms with van der Waals surface area (Å²) in [6.07, 6.45) is 4.22. The van der Waals surface area contributed by atoms with Gasteiger partial charge in [0.2, 0.25) is 5.91 Å². The van der Waals surface area contributed by atoms with Crippen LogP contribution in [0.4, 0.5) is 0 Å². The monoisotopic (exact) mass is 155 g/mol. The second-order valence-corrected chi connectivity index (χ2v) is 3.35. The summed E-state index contributed by atoms with van der Waals surface area (Å²) in [5.41, 5.74) is 0. The minimum absolute atomic E-state index is 0.353. The second-order valence-electron chi connectivity index (χ2n) is 3.35. The molecule has 0 aromatic rings. The number of rotatable bonds is 4. The summed E-state index contributed by atoms with van der Waals surface area (Å²) in [6, 6.07) is 0.532. The molecule has 0 bridgehead atoms. The molecule has 1 saturated heterocycles. The van der Waals surface area contributed by atoms with Crippen molar-refractivity contribution in [2.75, 3.05) is 6.54 Å². The molecule has 0 N–H and O–H groups in total. The fourth-order valence-corrected chi connectivity index (χ4v) is 1.25. The van der Waals surface area contributed by atoms with E-state index in [0.717, 1.165) is 19.4 Å². The topological polar surface area (TPSA) is 20.1 Å². The first-order valence-electron chi connectivity index (χ1n) is 4.55. The third kappa shape index (κ3) is 2.52. The van der Waals surface area contributed by atoms with E-state index in [2.05, 4.69) is 13.8 Å². The van der Waals surface area contributed by atoms with E-state index in [1.54, 1.807) is 0 Å². The van der Waals surface area contributed by atoms with Crippen molar-refractivity contribution >= 4 is 5.91 Å². The lowest BCUT2D eigenvalue weighted by Crippen LogP contribution is -2.11. The third-order valence-corrected chi connectivity index (χ3v) is 2.17. The van der Waals surface area contributed by atoms with Gasteiger partial charge in [-0.2, -0.15) is 0 Å². The van der Waals surface area contributed by atoms with Gasteiger partial charge in [0, 0.05) is 19.0 Å². The van der Waals surface area contributed by atoms with E-state index in [4.69, 9.17) is 0 Å². The van der Waals surface area contributed by atoms with Gasteiger partial charge in [0.15, 0.2) is 0 Å². The van der Waals surface area contributed by atoms with Crippen molar-refractivity contribution < 1.29 is 4.79 Å². The van der Waals surface area contributed by atoms with Gasteiger partial charge in [-0.15, -0.1) is 0 Å². The lowest BCUT2D eigenvalue weighted by molar-refractivity contribution is -0.126. The molecule has 2 nitrogen and oxygen atoms in total. The van der Waals surface area contributed by atoms with Crippen LogP contribution in [0.25, 0.3) is 0 Å². The number of nitrogens with zero attached hydrogens (tertiary/aromatic N) is 1. The van der Waals surface area contributed by atoms with Gasteiger partial charge in [-0.05, 0) is 13.3 Å². The largest absolute Gasteiger partial charge is 0.336 e. The van der Waals surface area contributed by atoms with E-state index in [-0.39, 0.29) is 0 Å². The highest BCUT2D eigenvalue weighted by molar-refractivity contribution is 5.78. The minimum atomic E-state index is 0.353. The SMILES string of the molecule is CCCCCC(=O)N1CC1C. The Morgan fingerprint density at radius 1 is 1.55 bits per heavy atom. The van der Waals surface area contributed by atoms with Crippen molar-refractivity contribution in [3.8, 4) is 0 Å². The Hall–Kier alpha value is -0.530. The van der Waals surface area contributed by atoms with E-state index >= 15 is 0 Å². The van der Waals surface area contributed by atoms with Crippen LogP contribution in [0.3, 0.4) is 0 Å². The molecule has 0 aromatic carbocycles. The Kier molecular flexibility index (Phi) is 2.92. The van der Waals surface area contributed by atoms with Crippen molar-refractivity contribution in [2.24, 2.45) is 0 Å². The van der Waals surface area contributed by atoms with Gasteiger partial charge < -0.3 is 4.90 Å². The summed E-state index contributed by atoms with van der Waals surface area (Å²) < 4.78 is 0. The second kappa shape index (κ2) is 3.74. The van der Waals surface area contributed by atoms with E-state index < -0.39 is 0 Å². The normalized spacial score (nSPS) is 22.0. The lowest BCUT2D eigenvalue weighted by Gasteiger charge is -2.00. The van der Waals surface area contributed by atoms with Crippen molar-refractivity contribution in [2.45, 2.75) is 45.6 Å². The van der Waals surface area contributed by atoms with Gasteiger partial charge >= 0.3 is 0 Å². The van der Waals surface area contributed by atoms with Gasteiger partial charge in [-0.3, -0.25) is 4.79 Å². The Morgan fingerprint density at radius 3 is 2.64 bits per heavy atom. The van der Waals surface area contributed by atoms with E-state index in [1.165, 1.54) is 12.8 Å². The first kappa shape index (κ1) is 8.57. The molecule has 1 aliphatic rings. The molecule has 0 aliphatic carbocycles. The zero-order valence-corrected chi connectivity index (χ0v) is 7.47. The quantitative estimate of drug-likeness (QED) is 0.447. The lowest BCUT2D eigenvalue weighted by atomic mass is 10.2. The van der Waals surface area contributed by atoms with Gasteiger partial charge in [-0.1, -0.05) is 19.8 Å². The van der Waals surface area contributed by atoms with Crippen LogP contribution in [0.2, 0.25) is 0 Å². The van der Waals surface area contributed by atoms with Crippen LogP contribution in [0, 0.1) is 0 Å². The Labute approximate surface area is 68.6 Å². The summed E-state index contributed by atoms with van der Waals surface area (Å²) in [6.45, 7) is 5.24. The number of unbranched alkanes of at least 4 members (excludes halogenated alkanes) is 2. The predicted octanol–water partition coefficient (Wildman–Crippen LogP) is 1.80. The summed E-state index contributed by atoms with van der Waals surface area (Å²) >= 11 is 0. The molecule has 11 heavy (non-hydrogen) atoms. The molecule has 1 fully saturated rings. The fraction of sp³-hybridized carbons (Fsp3) is 0.889. The van der Waals surface area contributed by atoms with Crippen LogP contribution >= 0.6 is 0 Å². The van der Waals surface area contributed by atoms with Crippen molar-refractivity contribution in [1.29, 1.82) is 0 Å². The highest BCUT2D eigenvalue weighted by atomic mass is 16.2. The van der Waals surface area contributed by atoms with Crippen molar-refractivity contribution in [1.82, 2.24) is 4.90 Å². The molecule has 0 aromatic heterocycles. The zero-order chi connectivity index (χ0) is 8.27. The molecular weight excluding hydrogens is 138 g/mol. The summed E-state index contributed by atoms with van der Waals surface area (Å²) in [5.74, 6) is 0.353. The molecule has 64 valence electrons. The van der Waals surface area contributed by atoms with Crippen LogP contribution in [0.15, 0.2) is 0 Å². The molecule has 1 aliphatic heterocycles. The average molecular weight is 155 g/mol.